The van der Waals surface area contributed by atoms with E-state index in [4.69, 9.17) is 9.97 Å². The Morgan fingerprint density at radius 3 is 1.36 bits per heavy atom. The number of nitrogens with one attached hydrogen (secondary N) is 2. The highest BCUT2D eigenvalue weighted by atomic mass is 16.3. The van der Waals surface area contributed by atoms with Crippen LogP contribution in [0.2, 0.25) is 0 Å². The third-order valence-electron chi connectivity index (χ3n) is 9.05. The SMILES string of the molecule is CCCCCCc1c2nc(c(C(O)CC)c3ccc([nH]3)c(CCCCCC)c3ccc([nH]3)c(C(O)CC)c3nc1C=C3)C=C2. The highest BCUT2D eigenvalue weighted by Crippen LogP contribution is 2.33. The van der Waals surface area contributed by atoms with Gasteiger partial charge in [-0.2, -0.15) is 0 Å². The highest BCUT2D eigenvalue weighted by Gasteiger charge is 2.20. The van der Waals surface area contributed by atoms with E-state index >= 15 is 0 Å². The van der Waals surface area contributed by atoms with Crippen molar-refractivity contribution in [1.29, 1.82) is 0 Å². The van der Waals surface area contributed by atoms with Gasteiger partial charge < -0.3 is 20.2 Å². The van der Waals surface area contributed by atoms with Gasteiger partial charge in [0.25, 0.3) is 0 Å². The van der Waals surface area contributed by atoms with Crippen molar-refractivity contribution in [3.05, 3.63) is 69.3 Å². The van der Waals surface area contributed by atoms with Crippen LogP contribution in [0.3, 0.4) is 0 Å². The zero-order valence-electron chi connectivity index (χ0n) is 27.0. The first-order valence-corrected chi connectivity index (χ1v) is 17.0. The lowest BCUT2D eigenvalue weighted by molar-refractivity contribution is 0.174. The van der Waals surface area contributed by atoms with Crippen LogP contribution in [0.4, 0.5) is 0 Å². The molecule has 0 saturated heterocycles. The molecule has 3 aromatic heterocycles. The predicted molar refractivity (Wildman–Crippen MR) is 185 cm³/mol. The van der Waals surface area contributed by atoms with Crippen molar-refractivity contribution in [1.82, 2.24) is 19.9 Å². The molecule has 0 spiro atoms. The fraction of sp³-hybridized carbons (Fsp3) is 0.474. The van der Waals surface area contributed by atoms with E-state index in [1.54, 1.807) is 0 Å². The Labute approximate surface area is 262 Å². The molecular weight excluding hydrogens is 544 g/mol. The molecule has 0 saturated carbocycles. The van der Waals surface area contributed by atoms with E-state index in [2.05, 4.69) is 60.2 Å². The smallest absolute Gasteiger partial charge is 0.0828 e. The van der Waals surface area contributed by atoms with Crippen molar-refractivity contribution in [3.63, 3.8) is 0 Å². The standard InChI is InChI=1S/C38H50N4O2/c1-5-9-11-13-15-25-27-17-21-31(39-27)37(35(43)7-3)33-23-19-29(41-33)26(16-14-12-10-6-2)30-20-24-34(42-30)38(36(44)8-4)32-22-18-28(25)40-32/h17-24,35-36,39-40,43-44H,5-16H2,1-4H3. The topological polar surface area (TPSA) is 97.8 Å². The van der Waals surface area contributed by atoms with Gasteiger partial charge in [0, 0.05) is 38.8 Å². The number of hydrogen-bond acceptors (Lipinski definition) is 4. The van der Waals surface area contributed by atoms with Gasteiger partial charge in [-0.3, -0.25) is 0 Å². The Kier molecular flexibility index (Phi) is 10.9. The van der Waals surface area contributed by atoms with Crippen LogP contribution in [0, 0.1) is 0 Å². The molecule has 2 atom stereocenters. The molecule has 2 aliphatic heterocycles. The Morgan fingerprint density at radius 2 is 0.932 bits per heavy atom. The van der Waals surface area contributed by atoms with E-state index in [1.165, 1.54) is 37.7 Å². The van der Waals surface area contributed by atoms with Crippen LogP contribution in [0.15, 0.2) is 24.3 Å². The number of H-pyrrole nitrogens is 2. The van der Waals surface area contributed by atoms with Gasteiger partial charge in [0.15, 0.2) is 0 Å². The van der Waals surface area contributed by atoms with E-state index in [-0.39, 0.29) is 0 Å². The molecule has 2 aliphatic rings. The highest BCUT2D eigenvalue weighted by molar-refractivity contribution is 5.83. The van der Waals surface area contributed by atoms with Gasteiger partial charge >= 0.3 is 0 Å². The fourth-order valence-electron chi connectivity index (χ4n) is 6.46. The van der Waals surface area contributed by atoms with Crippen molar-refractivity contribution < 1.29 is 10.2 Å². The van der Waals surface area contributed by atoms with Gasteiger partial charge in [-0.05, 0) is 92.7 Å². The molecule has 2 unspecified atom stereocenters. The summed E-state index contributed by atoms with van der Waals surface area (Å²) in [6, 6.07) is 8.45. The van der Waals surface area contributed by atoms with Crippen LogP contribution < -0.4 is 0 Å². The van der Waals surface area contributed by atoms with Crippen LogP contribution in [-0.4, -0.2) is 30.1 Å². The first kappa shape index (κ1) is 31.9. The summed E-state index contributed by atoms with van der Waals surface area (Å²) in [7, 11) is 0. The van der Waals surface area contributed by atoms with E-state index in [0.29, 0.717) is 12.8 Å². The second kappa shape index (κ2) is 15.0. The summed E-state index contributed by atoms with van der Waals surface area (Å²) in [5.74, 6) is 0. The Hall–Kier alpha value is -3.48. The summed E-state index contributed by atoms with van der Waals surface area (Å²) in [5.41, 5.74) is 11.3. The number of nitrogens with zero attached hydrogens (tertiary/aromatic N) is 2. The third kappa shape index (κ3) is 6.92. The minimum Gasteiger partial charge on any atom is -0.388 e. The van der Waals surface area contributed by atoms with Crippen LogP contribution in [0.25, 0.3) is 46.4 Å². The van der Waals surface area contributed by atoms with Gasteiger partial charge in [0.2, 0.25) is 0 Å². The second-order valence-electron chi connectivity index (χ2n) is 12.3. The van der Waals surface area contributed by atoms with Gasteiger partial charge in [0.05, 0.1) is 35.0 Å². The molecule has 6 heteroatoms. The van der Waals surface area contributed by atoms with E-state index in [9.17, 15) is 10.2 Å². The molecule has 8 bridgehead atoms. The number of aryl methyl sites for hydroxylation is 1. The maximum atomic E-state index is 11.3. The lowest BCUT2D eigenvalue weighted by Crippen LogP contribution is -2.01. The van der Waals surface area contributed by atoms with Crippen LogP contribution in [0.1, 0.15) is 149 Å². The predicted octanol–water partition coefficient (Wildman–Crippen LogP) is 9.79. The van der Waals surface area contributed by atoms with Crippen molar-refractivity contribution in [3.8, 4) is 0 Å². The summed E-state index contributed by atoms with van der Waals surface area (Å²) in [6.07, 6.45) is 19.2. The summed E-state index contributed by atoms with van der Waals surface area (Å²) < 4.78 is 0. The normalized spacial score (nSPS) is 14.0. The number of aromatic nitrogens is 4. The number of aromatic amines is 2. The van der Waals surface area contributed by atoms with Crippen molar-refractivity contribution in [2.45, 2.75) is 117 Å². The van der Waals surface area contributed by atoms with Crippen molar-refractivity contribution in [2.75, 3.05) is 0 Å². The molecular formula is C38H50N4O2. The summed E-state index contributed by atoms with van der Waals surface area (Å²) in [6.45, 7) is 8.48. The van der Waals surface area contributed by atoms with Gasteiger partial charge in [-0.15, -0.1) is 0 Å². The first-order valence-electron chi connectivity index (χ1n) is 17.0. The summed E-state index contributed by atoms with van der Waals surface area (Å²) in [4.78, 5) is 17.7. The molecule has 0 fully saturated rings. The quantitative estimate of drug-likeness (QED) is 0.0962. The lowest BCUT2D eigenvalue weighted by atomic mass is 10.0. The molecule has 6 nitrogen and oxygen atoms in total. The number of hydrogen-bond donors (Lipinski definition) is 4. The summed E-state index contributed by atoms with van der Waals surface area (Å²) >= 11 is 0. The van der Waals surface area contributed by atoms with Gasteiger partial charge in [-0.25, -0.2) is 9.97 Å². The number of rotatable bonds is 14. The largest absolute Gasteiger partial charge is 0.388 e. The Morgan fingerprint density at radius 1 is 0.523 bits per heavy atom. The number of aliphatic hydroxyl groups is 2. The number of aliphatic hydroxyl groups excluding tert-OH is 2. The van der Waals surface area contributed by atoms with Crippen LogP contribution in [-0.2, 0) is 12.8 Å². The van der Waals surface area contributed by atoms with E-state index in [1.807, 2.05) is 26.0 Å². The molecule has 3 aromatic rings. The fourth-order valence-corrected chi connectivity index (χ4v) is 6.46. The molecule has 0 aromatic carbocycles. The van der Waals surface area contributed by atoms with E-state index in [0.717, 1.165) is 93.6 Å². The van der Waals surface area contributed by atoms with E-state index < -0.39 is 12.2 Å². The Bertz CT molecular complexity index is 1550. The average molecular weight is 595 g/mol. The number of unbranched alkanes of at least 4 members (excludes halogenated alkanes) is 6. The van der Waals surface area contributed by atoms with Crippen molar-refractivity contribution >= 4 is 46.4 Å². The minimum atomic E-state index is -0.641. The first-order chi connectivity index (χ1) is 21.5. The molecule has 234 valence electrons. The lowest BCUT2D eigenvalue weighted by Gasteiger charge is -2.10. The van der Waals surface area contributed by atoms with Gasteiger partial charge in [-0.1, -0.05) is 66.2 Å². The maximum Gasteiger partial charge on any atom is 0.0828 e. The monoisotopic (exact) mass is 594 g/mol. The second-order valence-corrected chi connectivity index (χ2v) is 12.3. The van der Waals surface area contributed by atoms with Crippen LogP contribution >= 0.6 is 0 Å². The molecule has 5 rings (SSSR count). The third-order valence-corrected chi connectivity index (χ3v) is 9.05. The molecule has 5 heterocycles. The van der Waals surface area contributed by atoms with Gasteiger partial charge in [0.1, 0.15) is 0 Å². The molecule has 0 aliphatic carbocycles. The maximum absolute atomic E-state index is 11.3. The molecule has 0 radical (unpaired) electrons. The summed E-state index contributed by atoms with van der Waals surface area (Å²) in [5, 5.41) is 22.6. The Balaban J connectivity index is 1.85. The molecule has 0 amide bonds. The van der Waals surface area contributed by atoms with Crippen LogP contribution in [0.5, 0.6) is 0 Å². The zero-order chi connectivity index (χ0) is 31.1. The molecule has 44 heavy (non-hydrogen) atoms. The zero-order valence-corrected chi connectivity index (χ0v) is 27.0. The minimum absolute atomic E-state index is 0.596. The van der Waals surface area contributed by atoms with Crippen molar-refractivity contribution in [2.24, 2.45) is 0 Å². The number of fused-ring (bicyclic) bond motifs is 8. The molecule has 4 N–H and O–H groups in total. The average Bonchev–Trinajstić information content (AvgIpc) is 3.86.